The zero-order valence-corrected chi connectivity index (χ0v) is 20.4. The monoisotopic (exact) mass is 527 g/mol. The molecule has 0 radical (unpaired) electrons. The molecule has 2 aromatic rings. The van der Waals surface area contributed by atoms with Crippen molar-refractivity contribution in [3.8, 4) is 0 Å². The van der Waals surface area contributed by atoms with E-state index in [0.29, 0.717) is 32.0 Å². The second-order valence-electron chi connectivity index (χ2n) is 7.34. The lowest BCUT2D eigenvalue weighted by Crippen LogP contribution is -2.36. The Balaban J connectivity index is 0.00000300. The first-order chi connectivity index (χ1) is 13.5. The van der Waals surface area contributed by atoms with Gasteiger partial charge in [0.05, 0.1) is 12.2 Å². The number of rotatable bonds is 7. The molecular formula is C21H30IN5OS. The van der Waals surface area contributed by atoms with E-state index in [1.165, 1.54) is 11.1 Å². The summed E-state index contributed by atoms with van der Waals surface area (Å²) in [6.07, 6.45) is 1.67. The predicted molar refractivity (Wildman–Crippen MR) is 130 cm³/mol. The molecule has 1 aromatic heterocycles. The maximum Gasteiger partial charge on any atom is 0.222 e. The van der Waals surface area contributed by atoms with Crippen molar-refractivity contribution in [1.29, 1.82) is 0 Å². The molecule has 0 saturated carbocycles. The van der Waals surface area contributed by atoms with Gasteiger partial charge in [0.2, 0.25) is 5.91 Å². The van der Waals surface area contributed by atoms with Crippen LogP contribution in [0.4, 0.5) is 0 Å². The zero-order chi connectivity index (χ0) is 19.9. The van der Waals surface area contributed by atoms with Crippen LogP contribution in [0, 0.1) is 0 Å². The molecule has 8 heteroatoms. The van der Waals surface area contributed by atoms with E-state index < -0.39 is 0 Å². The predicted octanol–water partition coefficient (Wildman–Crippen LogP) is 3.87. The Bertz CT molecular complexity index is 819. The van der Waals surface area contributed by atoms with Crippen molar-refractivity contribution in [3.05, 3.63) is 51.5 Å². The minimum absolute atomic E-state index is 0. The van der Waals surface area contributed by atoms with Crippen LogP contribution >= 0.6 is 35.3 Å². The van der Waals surface area contributed by atoms with Crippen LogP contribution in [0.15, 0.2) is 34.6 Å². The van der Waals surface area contributed by atoms with E-state index in [4.69, 9.17) is 0 Å². The van der Waals surface area contributed by atoms with Crippen LogP contribution in [-0.2, 0) is 24.4 Å². The first-order valence-corrected chi connectivity index (χ1v) is 10.7. The van der Waals surface area contributed by atoms with Gasteiger partial charge in [0.1, 0.15) is 5.01 Å². The second-order valence-corrected chi connectivity index (χ2v) is 8.28. The van der Waals surface area contributed by atoms with Crippen LogP contribution in [0.25, 0.3) is 0 Å². The van der Waals surface area contributed by atoms with Crippen LogP contribution in [0.3, 0.4) is 0 Å². The van der Waals surface area contributed by atoms with Crippen molar-refractivity contribution < 1.29 is 4.79 Å². The lowest BCUT2D eigenvalue weighted by atomic mass is 10.1. The molecule has 1 saturated heterocycles. The molecule has 2 heterocycles. The van der Waals surface area contributed by atoms with Gasteiger partial charge in [0.25, 0.3) is 0 Å². The van der Waals surface area contributed by atoms with Gasteiger partial charge < -0.3 is 15.5 Å². The fourth-order valence-electron chi connectivity index (χ4n) is 3.09. The molecule has 1 fully saturated rings. The average Bonchev–Trinajstić information content (AvgIpc) is 3.33. The number of nitrogens with zero attached hydrogens (tertiary/aromatic N) is 3. The molecule has 29 heavy (non-hydrogen) atoms. The Morgan fingerprint density at radius 3 is 2.48 bits per heavy atom. The third-order valence-corrected chi connectivity index (χ3v) is 5.69. The highest BCUT2D eigenvalue weighted by atomic mass is 127. The average molecular weight is 527 g/mol. The number of hydrogen-bond donors (Lipinski definition) is 2. The Kier molecular flexibility index (Phi) is 9.35. The molecule has 3 rings (SSSR count). The molecule has 6 nitrogen and oxygen atoms in total. The number of thiazole rings is 1. The maximum atomic E-state index is 11.7. The summed E-state index contributed by atoms with van der Waals surface area (Å²) in [7, 11) is 1.77. The largest absolute Gasteiger partial charge is 0.352 e. The van der Waals surface area contributed by atoms with Gasteiger partial charge in [-0.25, -0.2) is 4.98 Å². The van der Waals surface area contributed by atoms with Crippen molar-refractivity contribution in [2.24, 2.45) is 4.99 Å². The Labute approximate surface area is 194 Å². The Morgan fingerprint density at radius 2 is 1.90 bits per heavy atom. The molecule has 0 unspecified atom stereocenters. The normalized spacial score (nSPS) is 14.3. The summed E-state index contributed by atoms with van der Waals surface area (Å²) in [4.78, 5) is 22.6. The third kappa shape index (κ3) is 6.95. The van der Waals surface area contributed by atoms with E-state index in [0.717, 1.165) is 29.6 Å². The molecule has 0 aliphatic carbocycles. The van der Waals surface area contributed by atoms with E-state index in [1.807, 2.05) is 4.90 Å². The number of halogens is 1. The van der Waals surface area contributed by atoms with E-state index >= 15 is 0 Å². The number of amides is 1. The molecule has 1 aromatic carbocycles. The summed E-state index contributed by atoms with van der Waals surface area (Å²) in [5.74, 6) is 1.48. The summed E-state index contributed by atoms with van der Waals surface area (Å²) in [5.41, 5.74) is 3.49. The van der Waals surface area contributed by atoms with Gasteiger partial charge in [-0.05, 0) is 23.5 Å². The third-order valence-electron chi connectivity index (χ3n) is 4.82. The number of nitrogens with one attached hydrogen (secondary N) is 2. The highest BCUT2D eigenvalue weighted by Crippen LogP contribution is 2.17. The van der Waals surface area contributed by atoms with Crippen molar-refractivity contribution in [2.45, 2.75) is 52.2 Å². The van der Waals surface area contributed by atoms with Crippen LogP contribution in [0.5, 0.6) is 0 Å². The molecule has 1 amide bonds. The molecule has 0 atom stereocenters. The molecule has 1 aliphatic rings. The van der Waals surface area contributed by atoms with Gasteiger partial charge in [0.15, 0.2) is 5.96 Å². The van der Waals surface area contributed by atoms with Gasteiger partial charge in [-0.1, -0.05) is 38.1 Å². The molecule has 0 spiro atoms. The van der Waals surface area contributed by atoms with E-state index in [9.17, 15) is 4.79 Å². The van der Waals surface area contributed by atoms with Crippen LogP contribution < -0.4 is 10.6 Å². The fraction of sp³-hybridized carbons (Fsp3) is 0.476. The van der Waals surface area contributed by atoms with E-state index in [2.05, 4.69) is 64.1 Å². The zero-order valence-electron chi connectivity index (χ0n) is 17.3. The second kappa shape index (κ2) is 11.5. The van der Waals surface area contributed by atoms with Gasteiger partial charge in [-0.2, -0.15) is 0 Å². The fourth-order valence-corrected chi connectivity index (χ4v) is 3.99. The Hall–Kier alpha value is -1.68. The van der Waals surface area contributed by atoms with Gasteiger partial charge in [-0.15, -0.1) is 35.3 Å². The number of carbonyl (C=O) groups excluding carboxylic acids is 1. The quantitative estimate of drug-likeness (QED) is 0.326. The summed E-state index contributed by atoms with van der Waals surface area (Å²) >= 11 is 1.68. The molecule has 0 bridgehead atoms. The smallest absolute Gasteiger partial charge is 0.222 e. The van der Waals surface area contributed by atoms with Crippen molar-refractivity contribution >= 4 is 47.2 Å². The number of aromatic nitrogens is 1. The van der Waals surface area contributed by atoms with Crippen LogP contribution in [-0.4, -0.2) is 35.3 Å². The van der Waals surface area contributed by atoms with Crippen molar-refractivity contribution in [2.75, 3.05) is 13.6 Å². The highest BCUT2D eigenvalue weighted by Gasteiger charge is 2.19. The number of benzene rings is 1. The number of carbonyl (C=O) groups is 1. The molecular weight excluding hydrogens is 497 g/mol. The number of aliphatic imine (C=N–C) groups is 1. The first-order valence-electron chi connectivity index (χ1n) is 9.79. The van der Waals surface area contributed by atoms with Crippen molar-refractivity contribution in [1.82, 2.24) is 20.5 Å². The standard InChI is InChI=1S/C21H29N5OS.HI/c1-15(2)18-14-28-19(25-18)12-24-21(22-3)23-11-16-6-8-17(9-7-16)13-26-10-4-5-20(26)27;/h6-9,14-15H,4-5,10-13H2,1-3H3,(H2,22,23,24);1H. The number of likely N-dealkylation sites (tertiary alicyclic amines) is 1. The molecule has 1 aliphatic heterocycles. The van der Waals surface area contributed by atoms with Gasteiger partial charge in [-0.3, -0.25) is 9.79 Å². The minimum atomic E-state index is 0. The number of guanidine groups is 1. The van der Waals surface area contributed by atoms with E-state index in [-0.39, 0.29) is 29.9 Å². The summed E-state index contributed by atoms with van der Waals surface area (Å²) in [6.45, 7) is 7.25. The summed E-state index contributed by atoms with van der Waals surface area (Å²) in [5, 5.41) is 9.83. The summed E-state index contributed by atoms with van der Waals surface area (Å²) in [6, 6.07) is 8.40. The highest BCUT2D eigenvalue weighted by molar-refractivity contribution is 14.0. The van der Waals surface area contributed by atoms with Crippen LogP contribution in [0.2, 0.25) is 0 Å². The van der Waals surface area contributed by atoms with Gasteiger partial charge >= 0.3 is 0 Å². The molecule has 158 valence electrons. The molecule has 2 N–H and O–H groups in total. The van der Waals surface area contributed by atoms with Crippen molar-refractivity contribution in [3.63, 3.8) is 0 Å². The van der Waals surface area contributed by atoms with Gasteiger partial charge in [0, 0.05) is 38.5 Å². The SMILES string of the molecule is CN=C(NCc1ccc(CN2CCCC2=O)cc1)NCc1nc(C(C)C)cs1.I. The lowest BCUT2D eigenvalue weighted by Gasteiger charge is -2.16. The maximum absolute atomic E-state index is 11.7. The van der Waals surface area contributed by atoms with E-state index in [1.54, 1.807) is 18.4 Å². The topological polar surface area (TPSA) is 69.6 Å². The summed E-state index contributed by atoms with van der Waals surface area (Å²) < 4.78 is 0. The first kappa shape index (κ1) is 23.6. The van der Waals surface area contributed by atoms with Crippen LogP contribution in [0.1, 0.15) is 54.4 Å². The number of hydrogen-bond acceptors (Lipinski definition) is 4. The minimum Gasteiger partial charge on any atom is -0.352 e. The Morgan fingerprint density at radius 1 is 1.21 bits per heavy atom. The lowest BCUT2D eigenvalue weighted by molar-refractivity contribution is -0.128.